The Kier molecular flexibility index (Phi) is 5.80. The molecule has 0 bridgehead atoms. The topological polar surface area (TPSA) is 83.8 Å². The number of carboxylic acids is 1. The molecule has 0 aliphatic carbocycles. The number of carbonyl (C=O) groups is 2. The lowest BCUT2D eigenvalue weighted by Gasteiger charge is -2.19. The van der Waals surface area contributed by atoms with Crippen molar-refractivity contribution < 1.29 is 24.5 Å². The summed E-state index contributed by atoms with van der Waals surface area (Å²) in [6, 6.07) is 9.78. The Morgan fingerprint density at radius 2 is 1.92 bits per heavy atom. The number of aromatic carboxylic acids is 1. The molecule has 2 aromatic carbocycles. The molecule has 0 saturated heterocycles. The fraction of sp³-hybridized carbons (Fsp3) is 0.300. The van der Waals surface area contributed by atoms with Crippen LogP contribution in [0, 0.1) is 0 Å². The molecule has 25 heavy (non-hydrogen) atoms. The van der Waals surface area contributed by atoms with Crippen LogP contribution in [0.4, 0.5) is 0 Å². The molecule has 2 N–H and O–H groups in total. The molecule has 0 aliphatic rings. The van der Waals surface area contributed by atoms with Crippen molar-refractivity contribution in [3.8, 4) is 11.5 Å². The first kappa shape index (κ1) is 18.5. The molecule has 0 fully saturated rings. The van der Waals surface area contributed by atoms with Gasteiger partial charge >= 0.3 is 5.97 Å². The van der Waals surface area contributed by atoms with E-state index in [1.807, 2.05) is 13.8 Å². The molecule has 5 nitrogen and oxygen atoms in total. The van der Waals surface area contributed by atoms with Crippen molar-refractivity contribution in [1.29, 1.82) is 0 Å². The number of aromatic hydroxyl groups is 1. The average molecular weight is 342 g/mol. The predicted octanol–water partition coefficient (Wildman–Crippen LogP) is 4.39. The molecular formula is C20H22O5. The summed E-state index contributed by atoms with van der Waals surface area (Å²) in [6.45, 7) is 5.20. The summed E-state index contributed by atoms with van der Waals surface area (Å²) in [5, 5.41) is 19.5. The number of hydrogen-bond acceptors (Lipinski definition) is 4. The summed E-state index contributed by atoms with van der Waals surface area (Å²) in [7, 11) is 0. The van der Waals surface area contributed by atoms with Gasteiger partial charge in [0.1, 0.15) is 17.6 Å². The number of Topliss-reactive ketones (excluding diaryl/α,β-unsaturated/α-hetero) is 1. The number of carboxylic acid groups (broad SMARTS) is 1. The van der Waals surface area contributed by atoms with Gasteiger partial charge in [-0.1, -0.05) is 25.5 Å². The maximum atomic E-state index is 11.6. The van der Waals surface area contributed by atoms with Gasteiger partial charge < -0.3 is 14.9 Å². The maximum absolute atomic E-state index is 11.6. The van der Waals surface area contributed by atoms with Crippen LogP contribution in [0.3, 0.4) is 0 Å². The molecule has 0 aliphatic heterocycles. The van der Waals surface area contributed by atoms with Crippen LogP contribution in [-0.2, 0) is 6.42 Å². The minimum atomic E-state index is -0.996. The lowest BCUT2D eigenvalue weighted by atomic mass is 10.0. The molecule has 1 unspecified atom stereocenters. The zero-order valence-corrected chi connectivity index (χ0v) is 14.6. The SMILES string of the molecule is CCCc1c(OC(C)c2cccc(C(=O)O)c2)ccc(C(C)=O)c1O. The minimum Gasteiger partial charge on any atom is -0.507 e. The molecule has 0 aromatic heterocycles. The van der Waals surface area contributed by atoms with Crippen LogP contribution >= 0.6 is 0 Å². The number of phenols is 1. The summed E-state index contributed by atoms with van der Waals surface area (Å²) < 4.78 is 5.97. The predicted molar refractivity (Wildman–Crippen MR) is 94.6 cm³/mol. The Hall–Kier alpha value is -2.82. The molecule has 2 rings (SSSR count). The number of ether oxygens (including phenoxy) is 1. The quantitative estimate of drug-likeness (QED) is 0.729. The highest BCUT2D eigenvalue weighted by atomic mass is 16.5. The van der Waals surface area contributed by atoms with Crippen molar-refractivity contribution in [3.05, 3.63) is 58.7 Å². The van der Waals surface area contributed by atoms with Crippen LogP contribution in [0.5, 0.6) is 11.5 Å². The molecule has 2 aromatic rings. The van der Waals surface area contributed by atoms with Gasteiger partial charge in [-0.2, -0.15) is 0 Å². The summed E-state index contributed by atoms with van der Waals surface area (Å²) in [4.78, 5) is 22.7. The number of phenolic OH excluding ortho intramolecular Hbond substituents is 1. The molecule has 0 amide bonds. The standard InChI is InChI=1S/C20H22O5/c1-4-6-17-18(10-9-16(12(2)21)19(17)22)25-13(3)14-7-5-8-15(11-14)20(23)24/h5,7-11,13,22H,4,6H2,1-3H3,(H,23,24). The highest BCUT2D eigenvalue weighted by Gasteiger charge is 2.18. The van der Waals surface area contributed by atoms with E-state index in [1.165, 1.54) is 13.0 Å². The van der Waals surface area contributed by atoms with Gasteiger partial charge in [0.15, 0.2) is 5.78 Å². The third-order valence-electron chi connectivity index (χ3n) is 4.03. The lowest BCUT2D eigenvalue weighted by Crippen LogP contribution is -2.08. The highest BCUT2D eigenvalue weighted by molar-refractivity contribution is 5.97. The van der Waals surface area contributed by atoms with Crippen LogP contribution in [0.1, 0.15) is 65.1 Å². The molecular weight excluding hydrogens is 320 g/mol. The van der Waals surface area contributed by atoms with Gasteiger partial charge in [0.2, 0.25) is 0 Å². The number of hydrogen-bond donors (Lipinski definition) is 2. The van der Waals surface area contributed by atoms with E-state index < -0.39 is 12.1 Å². The maximum Gasteiger partial charge on any atom is 0.335 e. The van der Waals surface area contributed by atoms with Crippen LogP contribution in [0.2, 0.25) is 0 Å². The minimum absolute atomic E-state index is 0.0432. The zero-order chi connectivity index (χ0) is 18.6. The van der Waals surface area contributed by atoms with Crippen molar-refractivity contribution in [2.75, 3.05) is 0 Å². The summed E-state index contributed by atoms with van der Waals surface area (Å²) >= 11 is 0. The van der Waals surface area contributed by atoms with E-state index in [2.05, 4.69) is 0 Å². The average Bonchev–Trinajstić information content (AvgIpc) is 2.57. The molecule has 132 valence electrons. The fourth-order valence-corrected chi connectivity index (χ4v) is 2.69. The van der Waals surface area contributed by atoms with E-state index in [1.54, 1.807) is 30.3 Å². The van der Waals surface area contributed by atoms with Crippen LogP contribution in [-0.4, -0.2) is 22.0 Å². The van der Waals surface area contributed by atoms with Crippen LogP contribution in [0.25, 0.3) is 0 Å². The normalized spacial score (nSPS) is 11.8. The van der Waals surface area contributed by atoms with E-state index in [9.17, 15) is 14.7 Å². The van der Waals surface area contributed by atoms with Crippen LogP contribution < -0.4 is 4.74 Å². The van der Waals surface area contributed by atoms with Crippen molar-refractivity contribution in [2.45, 2.75) is 39.7 Å². The smallest absolute Gasteiger partial charge is 0.335 e. The van der Waals surface area contributed by atoms with Crippen molar-refractivity contribution in [2.24, 2.45) is 0 Å². The van der Waals surface area contributed by atoms with Crippen molar-refractivity contribution in [1.82, 2.24) is 0 Å². The molecule has 0 heterocycles. The Morgan fingerprint density at radius 3 is 2.52 bits per heavy atom. The molecule has 0 spiro atoms. The molecule has 0 saturated carbocycles. The van der Waals surface area contributed by atoms with Gasteiger partial charge in [0, 0.05) is 5.56 Å². The van der Waals surface area contributed by atoms with E-state index in [0.29, 0.717) is 17.7 Å². The number of ketones is 1. The van der Waals surface area contributed by atoms with Crippen molar-refractivity contribution >= 4 is 11.8 Å². The third kappa shape index (κ3) is 4.18. The fourth-order valence-electron chi connectivity index (χ4n) is 2.69. The first-order valence-electron chi connectivity index (χ1n) is 8.20. The second kappa shape index (κ2) is 7.83. The Morgan fingerprint density at radius 1 is 1.20 bits per heavy atom. The zero-order valence-electron chi connectivity index (χ0n) is 14.6. The van der Waals surface area contributed by atoms with E-state index in [4.69, 9.17) is 9.84 Å². The van der Waals surface area contributed by atoms with Gasteiger partial charge in [-0.3, -0.25) is 4.79 Å². The number of rotatable bonds is 7. The third-order valence-corrected chi connectivity index (χ3v) is 4.03. The summed E-state index contributed by atoms with van der Waals surface area (Å²) in [6.07, 6.45) is 0.954. The molecule has 5 heteroatoms. The Labute approximate surface area is 146 Å². The summed E-state index contributed by atoms with van der Waals surface area (Å²) in [5.74, 6) is -0.747. The van der Waals surface area contributed by atoms with Gasteiger partial charge in [0.25, 0.3) is 0 Å². The first-order chi connectivity index (χ1) is 11.8. The number of benzene rings is 2. The molecule has 1 atom stereocenters. The molecule has 0 radical (unpaired) electrons. The summed E-state index contributed by atoms with van der Waals surface area (Å²) in [5.41, 5.74) is 1.78. The first-order valence-corrected chi connectivity index (χ1v) is 8.20. The van der Waals surface area contributed by atoms with Gasteiger partial charge in [0.05, 0.1) is 11.1 Å². The van der Waals surface area contributed by atoms with Gasteiger partial charge in [-0.15, -0.1) is 0 Å². The Bertz CT molecular complexity index is 795. The second-order valence-electron chi connectivity index (χ2n) is 5.94. The van der Waals surface area contributed by atoms with E-state index in [-0.39, 0.29) is 22.7 Å². The van der Waals surface area contributed by atoms with Crippen LogP contribution in [0.15, 0.2) is 36.4 Å². The second-order valence-corrected chi connectivity index (χ2v) is 5.94. The van der Waals surface area contributed by atoms with Gasteiger partial charge in [-0.05, 0) is 50.1 Å². The van der Waals surface area contributed by atoms with E-state index in [0.717, 1.165) is 12.0 Å². The highest BCUT2D eigenvalue weighted by Crippen LogP contribution is 2.35. The van der Waals surface area contributed by atoms with Gasteiger partial charge in [-0.25, -0.2) is 4.79 Å². The largest absolute Gasteiger partial charge is 0.507 e. The number of carbonyl (C=O) groups excluding carboxylic acids is 1. The van der Waals surface area contributed by atoms with Crippen molar-refractivity contribution in [3.63, 3.8) is 0 Å². The monoisotopic (exact) mass is 342 g/mol. The Balaban J connectivity index is 2.35. The lowest BCUT2D eigenvalue weighted by molar-refractivity contribution is 0.0696. The van der Waals surface area contributed by atoms with E-state index >= 15 is 0 Å².